The third-order valence-electron chi connectivity index (χ3n) is 5.94. The van der Waals surface area contributed by atoms with Crippen molar-refractivity contribution in [1.82, 2.24) is 15.1 Å². The van der Waals surface area contributed by atoms with Crippen molar-refractivity contribution in [2.24, 2.45) is 29.4 Å². The lowest BCUT2D eigenvalue weighted by Gasteiger charge is -2.34. The molecule has 144 valence electrons. The summed E-state index contributed by atoms with van der Waals surface area (Å²) in [7, 11) is 0. The summed E-state index contributed by atoms with van der Waals surface area (Å²) in [4.78, 5) is 29.0. The monoisotopic (exact) mass is 372 g/mol. The quantitative estimate of drug-likeness (QED) is 0.791. The van der Waals surface area contributed by atoms with Crippen LogP contribution in [0.25, 0.3) is 0 Å². The highest BCUT2D eigenvalue weighted by molar-refractivity contribution is 5.85. The smallest absolute Gasteiger partial charge is 0.317 e. The third kappa shape index (κ3) is 4.59. The van der Waals surface area contributed by atoms with Crippen molar-refractivity contribution in [1.29, 1.82) is 0 Å². The molecule has 4 atom stereocenters. The van der Waals surface area contributed by atoms with Crippen LogP contribution in [0.1, 0.15) is 39.5 Å². The molecule has 2 saturated heterocycles. The maximum atomic E-state index is 12.9. The van der Waals surface area contributed by atoms with Gasteiger partial charge in [0, 0.05) is 38.8 Å². The fourth-order valence-corrected chi connectivity index (χ4v) is 4.51. The molecule has 3 N–H and O–H groups in total. The Kier molecular flexibility index (Phi) is 6.97. The van der Waals surface area contributed by atoms with Crippen molar-refractivity contribution in [2.75, 3.05) is 32.7 Å². The van der Waals surface area contributed by atoms with Gasteiger partial charge in [-0.3, -0.25) is 4.79 Å². The lowest BCUT2D eigenvalue weighted by atomic mass is 9.96. The number of amides is 3. The van der Waals surface area contributed by atoms with Crippen LogP contribution in [0.5, 0.6) is 0 Å². The summed E-state index contributed by atoms with van der Waals surface area (Å²) in [6, 6.07) is 0.235. The summed E-state index contributed by atoms with van der Waals surface area (Å²) >= 11 is 0. The average molecular weight is 373 g/mol. The van der Waals surface area contributed by atoms with E-state index in [1.807, 2.05) is 9.80 Å². The number of urea groups is 1. The number of rotatable bonds is 3. The zero-order chi connectivity index (χ0) is 17.3. The van der Waals surface area contributed by atoms with E-state index in [9.17, 15) is 9.59 Å². The van der Waals surface area contributed by atoms with Crippen molar-refractivity contribution in [3.05, 3.63) is 0 Å². The van der Waals surface area contributed by atoms with Crippen molar-refractivity contribution >= 4 is 24.3 Å². The molecular formula is C18H33ClN4O2. The van der Waals surface area contributed by atoms with Crippen molar-refractivity contribution < 1.29 is 9.59 Å². The molecule has 1 saturated carbocycles. The van der Waals surface area contributed by atoms with Gasteiger partial charge >= 0.3 is 6.03 Å². The van der Waals surface area contributed by atoms with Gasteiger partial charge in [-0.25, -0.2) is 4.79 Å². The van der Waals surface area contributed by atoms with Crippen LogP contribution in [0.3, 0.4) is 0 Å². The molecule has 0 radical (unpaired) electrons. The Balaban J connectivity index is 0.00000225. The zero-order valence-electron chi connectivity index (χ0n) is 15.4. The Morgan fingerprint density at radius 1 is 1.12 bits per heavy atom. The van der Waals surface area contributed by atoms with Crippen molar-refractivity contribution in [2.45, 2.75) is 45.6 Å². The summed E-state index contributed by atoms with van der Waals surface area (Å²) in [5.74, 6) is 1.71. The molecule has 3 rings (SSSR count). The summed E-state index contributed by atoms with van der Waals surface area (Å²) in [5.41, 5.74) is 6.18. The normalized spacial score (nSPS) is 31.7. The summed E-state index contributed by atoms with van der Waals surface area (Å²) in [5, 5.41) is 2.96. The molecule has 0 aromatic heterocycles. The zero-order valence-corrected chi connectivity index (χ0v) is 16.3. The fraction of sp³-hybridized carbons (Fsp3) is 0.889. The second kappa shape index (κ2) is 8.58. The maximum Gasteiger partial charge on any atom is 0.317 e. The van der Waals surface area contributed by atoms with E-state index in [0.29, 0.717) is 30.8 Å². The number of hydrogen-bond donors (Lipinski definition) is 2. The molecule has 0 spiro atoms. The van der Waals surface area contributed by atoms with E-state index in [2.05, 4.69) is 19.2 Å². The van der Waals surface area contributed by atoms with Crippen LogP contribution in [0.15, 0.2) is 0 Å². The number of carbonyl (C=O) groups excluding carboxylic acids is 2. The lowest BCUT2D eigenvalue weighted by molar-refractivity contribution is -0.136. The molecular weight excluding hydrogens is 340 g/mol. The van der Waals surface area contributed by atoms with Gasteiger partial charge in [0.25, 0.3) is 0 Å². The van der Waals surface area contributed by atoms with Gasteiger partial charge < -0.3 is 20.9 Å². The van der Waals surface area contributed by atoms with Crippen LogP contribution >= 0.6 is 12.4 Å². The number of likely N-dealkylation sites (tertiary alicyclic amines) is 2. The number of nitrogens with two attached hydrogens (primary N) is 1. The maximum absolute atomic E-state index is 12.9. The van der Waals surface area contributed by atoms with Gasteiger partial charge in [0.15, 0.2) is 0 Å². The number of halogens is 1. The van der Waals surface area contributed by atoms with Crippen LogP contribution in [0, 0.1) is 23.7 Å². The highest BCUT2D eigenvalue weighted by Crippen LogP contribution is 2.38. The predicted octanol–water partition coefficient (Wildman–Crippen LogP) is 1.68. The molecule has 3 aliphatic rings. The number of nitrogens with one attached hydrogen (secondary N) is 1. The van der Waals surface area contributed by atoms with Crippen molar-refractivity contribution in [3.8, 4) is 0 Å². The van der Waals surface area contributed by atoms with E-state index in [-0.39, 0.29) is 36.3 Å². The summed E-state index contributed by atoms with van der Waals surface area (Å²) in [6.45, 7) is 7.84. The van der Waals surface area contributed by atoms with E-state index >= 15 is 0 Å². The largest absolute Gasteiger partial charge is 0.342 e. The molecule has 3 fully saturated rings. The Labute approximate surface area is 157 Å². The van der Waals surface area contributed by atoms with Crippen LogP contribution in [-0.2, 0) is 4.79 Å². The van der Waals surface area contributed by atoms with Gasteiger partial charge in [0.1, 0.15) is 0 Å². The standard InChI is InChI=1S/C18H32N4O2.ClH/c1-12(2)8-20-18(24)21-7-3-4-14(10-21)17(23)22-9-13-5-6-16(19)15(13)11-22;/h12-16H,3-11,19H2,1-2H3,(H,20,24);1H. The topological polar surface area (TPSA) is 78.7 Å². The molecule has 7 heteroatoms. The Morgan fingerprint density at radius 2 is 1.88 bits per heavy atom. The third-order valence-corrected chi connectivity index (χ3v) is 5.94. The molecule has 0 bridgehead atoms. The minimum absolute atomic E-state index is 0. The molecule has 1 aliphatic carbocycles. The number of fused-ring (bicyclic) bond motifs is 1. The van der Waals surface area contributed by atoms with Gasteiger partial charge in [0.05, 0.1) is 5.92 Å². The lowest BCUT2D eigenvalue weighted by Crippen LogP contribution is -2.50. The first-order valence-electron chi connectivity index (χ1n) is 9.53. The van der Waals surface area contributed by atoms with E-state index in [4.69, 9.17) is 5.73 Å². The minimum atomic E-state index is -0.0430. The summed E-state index contributed by atoms with van der Waals surface area (Å²) < 4.78 is 0. The highest BCUT2D eigenvalue weighted by atomic mass is 35.5. The summed E-state index contributed by atoms with van der Waals surface area (Å²) in [6.07, 6.45) is 4.06. The molecule has 25 heavy (non-hydrogen) atoms. The SMILES string of the molecule is CC(C)CNC(=O)N1CCCC(C(=O)N2CC3CCC(N)C3C2)C1.Cl. The van der Waals surface area contributed by atoms with E-state index in [0.717, 1.165) is 45.3 Å². The second-order valence-electron chi connectivity index (χ2n) is 8.27. The molecule has 6 nitrogen and oxygen atoms in total. The van der Waals surface area contributed by atoms with E-state index in [1.54, 1.807) is 0 Å². The van der Waals surface area contributed by atoms with Crippen LogP contribution in [0.4, 0.5) is 4.79 Å². The molecule has 4 unspecified atom stereocenters. The number of piperidine rings is 1. The highest BCUT2D eigenvalue weighted by Gasteiger charge is 2.44. The van der Waals surface area contributed by atoms with Gasteiger partial charge in [0.2, 0.25) is 5.91 Å². The van der Waals surface area contributed by atoms with Crippen LogP contribution in [-0.4, -0.2) is 60.5 Å². The first-order chi connectivity index (χ1) is 11.5. The Hall–Kier alpha value is -1.01. The van der Waals surface area contributed by atoms with Gasteiger partial charge in [-0.05, 0) is 43.4 Å². The van der Waals surface area contributed by atoms with Gasteiger partial charge in [-0.1, -0.05) is 13.8 Å². The van der Waals surface area contributed by atoms with Gasteiger partial charge in [-0.15, -0.1) is 12.4 Å². The van der Waals surface area contributed by atoms with Crippen LogP contribution in [0.2, 0.25) is 0 Å². The molecule has 2 aliphatic heterocycles. The van der Waals surface area contributed by atoms with Crippen molar-refractivity contribution in [3.63, 3.8) is 0 Å². The van der Waals surface area contributed by atoms with Gasteiger partial charge in [-0.2, -0.15) is 0 Å². The molecule has 0 aromatic rings. The first-order valence-corrected chi connectivity index (χ1v) is 9.53. The Morgan fingerprint density at radius 3 is 2.56 bits per heavy atom. The average Bonchev–Trinajstić information content (AvgIpc) is 3.14. The fourth-order valence-electron chi connectivity index (χ4n) is 4.51. The first kappa shape index (κ1) is 20.3. The van der Waals surface area contributed by atoms with E-state index < -0.39 is 0 Å². The number of carbonyl (C=O) groups is 2. The Bertz CT molecular complexity index is 488. The second-order valence-corrected chi connectivity index (χ2v) is 8.27. The number of hydrogen-bond acceptors (Lipinski definition) is 3. The minimum Gasteiger partial charge on any atom is -0.342 e. The van der Waals surface area contributed by atoms with Crippen LogP contribution < -0.4 is 11.1 Å². The molecule has 0 aromatic carbocycles. The molecule has 3 amide bonds. The molecule has 2 heterocycles. The predicted molar refractivity (Wildman–Crippen MR) is 101 cm³/mol. The van der Waals surface area contributed by atoms with E-state index in [1.165, 1.54) is 0 Å². The number of nitrogens with zero attached hydrogens (tertiary/aromatic N) is 2.